The maximum absolute atomic E-state index is 11.8. The Morgan fingerprint density at radius 1 is 1.40 bits per heavy atom. The lowest BCUT2D eigenvalue weighted by molar-refractivity contribution is -0.135. The number of aromatic nitrogens is 3. The van der Waals surface area contributed by atoms with Gasteiger partial charge in [-0.05, 0) is 19.3 Å². The maximum Gasteiger partial charge on any atom is 0.239 e. The van der Waals surface area contributed by atoms with Crippen molar-refractivity contribution in [1.82, 2.24) is 25.4 Å². The van der Waals surface area contributed by atoms with Crippen LogP contribution >= 0.6 is 0 Å². The minimum Gasteiger partial charge on any atom is -0.355 e. The highest BCUT2D eigenvalue weighted by atomic mass is 16.2. The van der Waals surface area contributed by atoms with Crippen molar-refractivity contribution in [2.24, 2.45) is 0 Å². The quantitative estimate of drug-likeness (QED) is 0.731. The highest BCUT2D eigenvalue weighted by Gasteiger charge is 2.18. The van der Waals surface area contributed by atoms with Gasteiger partial charge in [0, 0.05) is 25.9 Å². The average molecular weight is 279 g/mol. The highest BCUT2D eigenvalue weighted by molar-refractivity contribution is 5.84. The number of nitrogens with zero attached hydrogens (tertiary/aromatic N) is 3. The molecule has 1 fully saturated rings. The van der Waals surface area contributed by atoms with Gasteiger partial charge < -0.3 is 10.2 Å². The van der Waals surface area contributed by atoms with Crippen molar-refractivity contribution in [3.8, 4) is 0 Å². The first kappa shape index (κ1) is 14.5. The van der Waals surface area contributed by atoms with Gasteiger partial charge in [0.1, 0.15) is 12.2 Å². The van der Waals surface area contributed by atoms with E-state index in [0.717, 1.165) is 37.9 Å². The summed E-state index contributed by atoms with van der Waals surface area (Å²) in [7, 11) is 0. The van der Waals surface area contributed by atoms with Gasteiger partial charge in [-0.15, -0.1) is 0 Å². The second kappa shape index (κ2) is 7.62. The summed E-state index contributed by atoms with van der Waals surface area (Å²) in [5.41, 5.74) is 0. The molecule has 7 heteroatoms. The van der Waals surface area contributed by atoms with Gasteiger partial charge in [0.05, 0.1) is 6.54 Å². The topological polar surface area (TPSA) is 91.0 Å². The number of carbonyl (C=O) groups is 2. The molecular formula is C13H21N5O2. The van der Waals surface area contributed by atoms with Crippen LogP contribution < -0.4 is 5.32 Å². The number of aryl methyl sites for hydroxylation is 1. The van der Waals surface area contributed by atoms with E-state index < -0.39 is 0 Å². The Morgan fingerprint density at radius 2 is 2.30 bits per heavy atom. The summed E-state index contributed by atoms with van der Waals surface area (Å²) in [6, 6.07) is 0. The first-order chi connectivity index (χ1) is 9.75. The third-order valence-electron chi connectivity index (χ3n) is 3.38. The molecule has 0 atom stereocenters. The summed E-state index contributed by atoms with van der Waals surface area (Å²) >= 11 is 0. The maximum atomic E-state index is 11.8. The monoisotopic (exact) mass is 279 g/mol. The predicted molar refractivity (Wildman–Crippen MR) is 72.8 cm³/mol. The molecule has 20 heavy (non-hydrogen) atoms. The molecule has 1 aliphatic rings. The van der Waals surface area contributed by atoms with E-state index in [1.807, 2.05) is 0 Å². The Kier molecular flexibility index (Phi) is 5.52. The molecule has 2 rings (SSSR count). The fraction of sp³-hybridized carbons (Fsp3) is 0.692. The third kappa shape index (κ3) is 4.64. The Labute approximate surface area is 118 Å². The molecule has 1 aliphatic heterocycles. The van der Waals surface area contributed by atoms with Crippen LogP contribution in [0.3, 0.4) is 0 Å². The zero-order valence-corrected chi connectivity index (χ0v) is 11.6. The summed E-state index contributed by atoms with van der Waals surface area (Å²) in [4.78, 5) is 29.2. The summed E-state index contributed by atoms with van der Waals surface area (Å²) < 4.78 is 0. The highest BCUT2D eigenvalue weighted by Crippen LogP contribution is 2.10. The van der Waals surface area contributed by atoms with Gasteiger partial charge in [-0.1, -0.05) is 6.42 Å². The van der Waals surface area contributed by atoms with Crippen molar-refractivity contribution in [2.75, 3.05) is 19.6 Å². The van der Waals surface area contributed by atoms with E-state index in [1.165, 1.54) is 6.33 Å². The Balaban J connectivity index is 1.63. The molecule has 7 nitrogen and oxygen atoms in total. The Morgan fingerprint density at radius 3 is 3.10 bits per heavy atom. The van der Waals surface area contributed by atoms with Crippen molar-refractivity contribution < 1.29 is 9.59 Å². The fourth-order valence-electron chi connectivity index (χ4n) is 2.27. The van der Waals surface area contributed by atoms with E-state index in [2.05, 4.69) is 20.5 Å². The van der Waals surface area contributed by atoms with E-state index in [0.29, 0.717) is 19.5 Å². The lowest BCUT2D eigenvalue weighted by Crippen LogP contribution is -2.40. The first-order valence-corrected chi connectivity index (χ1v) is 7.14. The second-order valence-corrected chi connectivity index (χ2v) is 5.01. The molecule has 0 bridgehead atoms. The minimum absolute atomic E-state index is 0.0854. The molecule has 110 valence electrons. The second-order valence-electron chi connectivity index (χ2n) is 5.01. The van der Waals surface area contributed by atoms with Gasteiger partial charge in [-0.2, -0.15) is 5.10 Å². The summed E-state index contributed by atoms with van der Waals surface area (Å²) in [6.07, 6.45) is 6.59. The summed E-state index contributed by atoms with van der Waals surface area (Å²) in [5.74, 6) is 0.832. The van der Waals surface area contributed by atoms with Crippen LogP contribution in [0.1, 0.15) is 37.9 Å². The number of H-pyrrole nitrogens is 1. The number of aromatic amines is 1. The van der Waals surface area contributed by atoms with E-state index in [4.69, 9.17) is 0 Å². The summed E-state index contributed by atoms with van der Waals surface area (Å²) in [6.45, 7) is 1.47. The van der Waals surface area contributed by atoms with E-state index >= 15 is 0 Å². The van der Waals surface area contributed by atoms with E-state index in [9.17, 15) is 9.59 Å². The van der Waals surface area contributed by atoms with Crippen LogP contribution in [-0.4, -0.2) is 51.5 Å². The van der Waals surface area contributed by atoms with Crippen LogP contribution in [0.2, 0.25) is 0 Å². The van der Waals surface area contributed by atoms with Gasteiger partial charge in [0.2, 0.25) is 11.8 Å². The van der Waals surface area contributed by atoms with E-state index in [1.54, 1.807) is 4.90 Å². The van der Waals surface area contributed by atoms with Gasteiger partial charge in [0.15, 0.2) is 0 Å². The van der Waals surface area contributed by atoms with Crippen LogP contribution in [0.25, 0.3) is 0 Å². The van der Waals surface area contributed by atoms with Crippen LogP contribution in [0.15, 0.2) is 6.33 Å². The minimum atomic E-state index is -0.0854. The number of carbonyl (C=O) groups excluding carboxylic acids is 2. The lowest BCUT2D eigenvalue weighted by atomic mass is 10.2. The van der Waals surface area contributed by atoms with Crippen molar-refractivity contribution in [3.05, 3.63) is 12.2 Å². The summed E-state index contributed by atoms with van der Waals surface area (Å²) in [5, 5.41) is 9.38. The molecular weight excluding hydrogens is 258 g/mol. The largest absolute Gasteiger partial charge is 0.355 e. The van der Waals surface area contributed by atoms with Gasteiger partial charge >= 0.3 is 0 Å². The molecule has 0 unspecified atom stereocenters. The van der Waals surface area contributed by atoms with Crippen molar-refractivity contribution in [2.45, 2.75) is 38.5 Å². The number of hydrogen-bond donors (Lipinski definition) is 2. The molecule has 1 saturated heterocycles. The SMILES string of the molecule is O=C(CN1CCCCCC1=O)NCCCc1ncn[nH]1. The number of likely N-dealkylation sites (tertiary alicyclic amines) is 1. The molecule has 0 saturated carbocycles. The third-order valence-corrected chi connectivity index (χ3v) is 3.38. The lowest BCUT2D eigenvalue weighted by Gasteiger charge is -2.19. The smallest absolute Gasteiger partial charge is 0.239 e. The number of amides is 2. The van der Waals surface area contributed by atoms with Crippen LogP contribution in [0.5, 0.6) is 0 Å². The van der Waals surface area contributed by atoms with Gasteiger partial charge in [-0.25, -0.2) is 4.98 Å². The standard InChI is InChI=1S/C13H21N5O2/c19-12(9-18-8-3-1-2-6-13(18)20)14-7-4-5-11-15-10-16-17-11/h10H,1-9H2,(H,14,19)(H,15,16,17). The first-order valence-electron chi connectivity index (χ1n) is 7.14. The predicted octanol–water partition coefficient (Wildman–Crippen LogP) is 0.256. The van der Waals surface area contributed by atoms with Crippen molar-refractivity contribution in [1.29, 1.82) is 0 Å². The molecule has 2 amide bonds. The number of rotatable bonds is 6. The average Bonchev–Trinajstić information content (AvgIpc) is 2.87. The number of hydrogen-bond acceptors (Lipinski definition) is 4. The van der Waals surface area contributed by atoms with Gasteiger partial charge in [-0.3, -0.25) is 14.7 Å². The Bertz CT molecular complexity index is 432. The molecule has 2 heterocycles. The molecule has 0 aromatic carbocycles. The van der Waals surface area contributed by atoms with E-state index in [-0.39, 0.29) is 18.4 Å². The van der Waals surface area contributed by atoms with Crippen molar-refractivity contribution >= 4 is 11.8 Å². The zero-order valence-electron chi connectivity index (χ0n) is 11.6. The number of nitrogens with one attached hydrogen (secondary N) is 2. The molecule has 2 N–H and O–H groups in total. The van der Waals surface area contributed by atoms with Crippen LogP contribution in [0.4, 0.5) is 0 Å². The van der Waals surface area contributed by atoms with Crippen LogP contribution in [-0.2, 0) is 16.0 Å². The van der Waals surface area contributed by atoms with Crippen molar-refractivity contribution in [3.63, 3.8) is 0 Å². The Hall–Kier alpha value is -1.92. The fourth-order valence-corrected chi connectivity index (χ4v) is 2.27. The zero-order chi connectivity index (χ0) is 14.2. The van der Waals surface area contributed by atoms with Crippen LogP contribution in [0, 0.1) is 0 Å². The molecule has 0 spiro atoms. The molecule has 1 aromatic heterocycles. The molecule has 1 aromatic rings. The molecule has 0 radical (unpaired) electrons. The normalized spacial score (nSPS) is 16.0. The molecule has 0 aliphatic carbocycles. The van der Waals surface area contributed by atoms with Gasteiger partial charge in [0.25, 0.3) is 0 Å².